The number of hydrogen-bond acceptors (Lipinski definition) is 3. The molecule has 0 spiro atoms. The minimum absolute atomic E-state index is 0.0141. The second-order valence-electron chi connectivity index (χ2n) is 9.91. The lowest BCUT2D eigenvalue weighted by Gasteiger charge is -2.25. The van der Waals surface area contributed by atoms with E-state index in [9.17, 15) is 9.59 Å². The van der Waals surface area contributed by atoms with E-state index in [-0.39, 0.29) is 17.2 Å². The summed E-state index contributed by atoms with van der Waals surface area (Å²) in [6, 6.07) is 3.58. The van der Waals surface area contributed by atoms with Gasteiger partial charge in [-0.1, -0.05) is 74.6 Å². The molecular weight excluding hydrogens is 458 g/mol. The molecule has 1 saturated heterocycles. The molecule has 1 aliphatic rings. The van der Waals surface area contributed by atoms with E-state index in [1.165, 1.54) is 0 Å². The molecule has 1 unspecified atom stereocenters. The fourth-order valence-electron chi connectivity index (χ4n) is 4.16. The highest BCUT2D eigenvalue weighted by Crippen LogP contribution is 2.30. The molecule has 2 rings (SSSR count). The molecule has 1 fully saturated rings. The van der Waals surface area contributed by atoms with Crippen LogP contribution in [-0.4, -0.2) is 41.3 Å². The van der Waals surface area contributed by atoms with Gasteiger partial charge in [-0.05, 0) is 63.5 Å². The molecule has 0 aliphatic carbocycles. The Morgan fingerprint density at radius 2 is 1.59 bits per heavy atom. The van der Waals surface area contributed by atoms with Crippen LogP contribution in [-0.2, 0) is 4.79 Å². The predicted octanol–water partition coefficient (Wildman–Crippen LogP) is 6.97. The van der Waals surface area contributed by atoms with Crippen LogP contribution in [0, 0.1) is 5.41 Å². The molecule has 0 saturated carbocycles. The third-order valence-corrected chi connectivity index (χ3v) is 6.40. The van der Waals surface area contributed by atoms with E-state index in [2.05, 4.69) is 84.9 Å². The molecule has 5 nitrogen and oxygen atoms in total. The molecule has 2 heterocycles. The van der Waals surface area contributed by atoms with E-state index in [1.54, 1.807) is 24.5 Å². The van der Waals surface area contributed by atoms with E-state index in [0.717, 1.165) is 51.4 Å². The minimum Gasteiger partial charge on any atom is -0.355 e. The summed E-state index contributed by atoms with van der Waals surface area (Å²) in [7, 11) is 0. The summed E-state index contributed by atoms with van der Waals surface area (Å²) >= 11 is 0. The average Bonchev–Trinajstić information content (AvgIpc) is 3.31. The zero-order chi connectivity index (χ0) is 26.6. The average molecular weight is 504 g/mol. The lowest BCUT2D eigenvalue weighted by molar-refractivity contribution is -0.121. The number of nitrogens with zero attached hydrogens (tertiary/aromatic N) is 2. The number of likely N-dealkylation sites (tertiary alicyclic amines) is 1. The summed E-state index contributed by atoms with van der Waals surface area (Å²) in [5, 5.41) is 3.08. The summed E-state index contributed by atoms with van der Waals surface area (Å²) in [5.41, 5.74) is 0.531. The van der Waals surface area contributed by atoms with E-state index >= 15 is 0 Å². The summed E-state index contributed by atoms with van der Waals surface area (Å²) in [6.45, 7) is 6.26. The normalized spacial score (nSPS) is 18.4. The highest BCUT2D eigenvalue weighted by molar-refractivity contribution is 5.94. The van der Waals surface area contributed by atoms with Crippen LogP contribution in [0.1, 0.15) is 82.0 Å². The molecule has 5 heteroatoms. The van der Waals surface area contributed by atoms with E-state index in [0.29, 0.717) is 31.6 Å². The number of amides is 2. The number of pyridine rings is 1. The predicted molar refractivity (Wildman–Crippen MR) is 154 cm³/mol. The lowest BCUT2D eigenvalue weighted by Crippen LogP contribution is -2.38. The van der Waals surface area contributed by atoms with Crippen LogP contribution >= 0.6 is 0 Å². The second kappa shape index (κ2) is 18.1. The molecule has 200 valence electrons. The highest BCUT2D eigenvalue weighted by Gasteiger charge is 2.36. The van der Waals surface area contributed by atoms with Gasteiger partial charge in [0, 0.05) is 43.9 Å². The molecule has 0 bridgehead atoms. The highest BCUT2D eigenvalue weighted by atomic mass is 16.2. The van der Waals surface area contributed by atoms with Crippen LogP contribution in [0.15, 0.2) is 85.3 Å². The maximum atomic E-state index is 12.6. The van der Waals surface area contributed by atoms with E-state index in [4.69, 9.17) is 0 Å². The Labute approximate surface area is 224 Å². The van der Waals surface area contributed by atoms with E-state index in [1.807, 2.05) is 4.90 Å². The Kier molecular flexibility index (Phi) is 14.7. The molecule has 1 aliphatic heterocycles. The molecular formula is C32H45N3O2. The van der Waals surface area contributed by atoms with Gasteiger partial charge in [-0.2, -0.15) is 0 Å². The SMILES string of the molecule is CCC=CCC=CCC=CCC=CCC=CCCCC(=O)NCC1(C)CCN(C(=O)c2cccnc2)C1. The molecule has 1 aromatic heterocycles. The van der Waals surface area contributed by atoms with Crippen molar-refractivity contribution in [1.82, 2.24) is 15.2 Å². The number of unbranched alkanes of at least 4 members (excludes halogenated alkanes) is 1. The van der Waals surface area contributed by atoms with Gasteiger partial charge >= 0.3 is 0 Å². The van der Waals surface area contributed by atoms with Crippen molar-refractivity contribution in [2.24, 2.45) is 5.41 Å². The van der Waals surface area contributed by atoms with Crippen molar-refractivity contribution in [3.05, 3.63) is 90.9 Å². The Balaban J connectivity index is 1.50. The Morgan fingerprint density at radius 1 is 0.973 bits per heavy atom. The number of rotatable bonds is 16. The number of carbonyl (C=O) groups excluding carboxylic acids is 2. The van der Waals surface area contributed by atoms with Gasteiger partial charge in [0.15, 0.2) is 0 Å². The van der Waals surface area contributed by atoms with Crippen molar-refractivity contribution in [2.75, 3.05) is 19.6 Å². The Hall–Kier alpha value is -3.21. The van der Waals surface area contributed by atoms with Crippen molar-refractivity contribution in [3.8, 4) is 0 Å². The third-order valence-electron chi connectivity index (χ3n) is 6.40. The lowest BCUT2D eigenvalue weighted by atomic mass is 9.90. The number of carbonyl (C=O) groups is 2. The first kappa shape index (κ1) is 30.0. The summed E-state index contributed by atoms with van der Waals surface area (Å²) in [5.74, 6) is 0.103. The van der Waals surface area contributed by atoms with Crippen LogP contribution in [0.5, 0.6) is 0 Å². The largest absolute Gasteiger partial charge is 0.355 e. The summed E-state index contributed by atoms with van der Waals surface area (Å²) < 4.78 is 0. The van der Waals surface area contributed by atoms with Crippen LogP contribution < -0.4 is 5.32 Å². The molecule has 1 aromatic rings. The number of nitrogens with one attached hydrogen (secondary N) is 1. The first-order valence-electron chi connectivity index (χ1n) is 13.7. The number of allylic oxidation sites excluding steroid dienone is 10. The van der Waals surface area contributed by atoms with Crippen molar-refractivity contribution < 1.29 is 9.59 Å². The van der Waals surface area contributed by atoms with Crippen LogP contribution in [0.25, 0.3) is 0 Å². The standard InChI is InChI=1S/C32H45N3O2/c1-3-4-5-6-7-8-9-10-11-12-13-14-15-16-17-18-19-22-30(36)34-27-32(2)23-25-35(28-32)31(37)29-21-20-24-33-26-29/h4-5,7-8,10-11,13-14,16-17,20-21,24,26H,3,6,9,12,15,18-19,22-23,25,27-28H2,1-2H3,(H,34,36). The third kappa shape index (κ3) is 13.1. The monoisotopic (exact) mass is 503 g/mol. The molecule has 1 atom stereocenters. The fourth-order valence-corrected chi connectivity index (χ4v) is 4.16. The maximum absolute atomic E-state index is 12.6. The van der Waals surface area contributed by atoms with Gasteiger partial charge in [0.2, 0.25) is 5.91 Å². The van der Waals surface area contributed by atoms with Gasteiger partial charge in [0.1, 0.15) is 0 Å². The topological polar surface area (TPSA) is 62.3 Å². The Morgan fingerprint density at radius 3 is 2.19 bits per heavy atom. The van der Waals surface area contributed by atoms with Crippen molar-refractivity contribution in [2.45, 2.75) is 71.6 Å². The zero-order valence-electron chi connectivity index (χ0n) is 22.8. The van der Waals surface area contributed by atoms with Crippen molar-refractivity contribution in [3.63, 3.8) is 0 Å². The molecule has 0 aromatic carbocycles. The molecule has 37 heavy (non-hydrogen) atoms. The van der Waals surface area contributed by atoms with Gasteiger partial charge in [-0.25, -0.2) is 0 Å². The van der Waals surface area contributed by atoms with Gasteiger partial charge in [-0.15, -0.1) is 0 Å². The quantitative estimate of drug-likeness (QED) is 0.196. The van der Waals surface area contributed by atoms with Crippen LogP contribution in [0.3, 0.4) is 0 Å². The van der Waals surface area contributed by atoms with Crippen LogP contribution in [0.2, 0.25) is 0 Å². The minimum atomic E-state index is -0.0858. The first-order chi connectivity index (χ1) is 18.0. The smallest absolute Gasteiger partial charge is 0.255 e. The summed E-state index contributed by atoms with van der Waals surface area (Å²) in [4.78, 5) is 30.8. The first-order valence-corrected chi connectivity index (χ1v) is 13.7. The van der Waals surface area contributed by atoms with Crippen LogP contribution in [0.4, 0.5) is 0 Å². The number of hydrogen-bond donors (Lipinski definition) is 1. The molecule has 1 N–H and O–H groups in total. The van der Waals surface area contributed by atoms with Gasteiger partial charge in [-0.3, -0.25) is 14.6 Å². The molecule has 2 amide bonds. The van der Waals surface area contributed by atoms with Crippen molar-refractivity contribution in [1.29, 1.82) is 0 Å². The molecule has 0 radical (unpaired) electrons. The van der Waals surface area contributed by atoms with E-state index < -0.39 is 0 Å². The Bertz CT molecular complexity index is 946. The maximum Gasteiger partial charge on any atom is 0.255 e. The van der Waals surface area contributed by atoms with Gasteiger partial charge < -0.3 is 10.2 Å². The summed E-state index contributed by atoms with van der Waals surface area (Å²) in [6.07, 6.45) is 33.4. The fraction of sp³-hybridized carbons (Fsp3) is 0.469. The number of aromatic nitrogens is 1. The van der Waals surface area contributed by atoms with Crippen molar-refractivity contribution >= 4 is 11.8 Å². The van der Waals surface area contributed by atoms with Gasteiger partial charge in [0.25, 0.3) is 5.91 Å². The van der Waals surface area contributed by atoms with Gasteiger partial charge in [0.05, 0.1) is 5.56 Å². The second-order valence-corrected chi connectivity index (χ2v) is 9.91. The zero-order valence-corrected chi connectivity index (χ0v) is 22.8.